The molecule has 3 nitrogen and oxygen atoms in total. The zero-order valence-electron chi connectivity index (χ0n) is 8.71. The number of nitrogens with two attached hydrogens (primary N) is 1. The monoisotopic (exact) mass is 229 g/mol. The van der Waals surface area contributed by atoms with Crippen molar-refractivity contribution in [2.24, 2.45) is 5.73 Å². The Bertz CT molecular complexity index is 382. The summed E-state index contributed by atoms with van der Waals surface area (Å²) in [5, 5.41) is 0. The van der Waals surface area contributed by atoms with Gasteiger partial charge in [-0.2, -0.15) is 0 Å². The minimum Gasteiger partial charge on any atom is -0.454 e. The van der Waals surface area contributed by atoms with Crippen molar-refractivity contribution in [2.45, 2.75) is 19.3 Å². The van der Waals surface area contributed by atoms with E-state index in [2.05, 4.69) is 0 Å². The van der Waals surface area contributed by atoms with Crippen molar-refractivity contribution >= 4 is 0 Å². The van der Waals surface area contributed by atoms with Crippen molar-refractivity contribution in [2.75, 3.05) is 13.3 Å². The van der Waals surface area contributed by atoms with E-state index in [-0.39, 0.29) is 12.4 Å². The van der Waals surface area contributed by atoms with E-state index in [1.165, 1.54) is 6.07 Å². The number of halogens is 2. The fraction of sp³-hybridized carbons (Fsp3) is 0.455. The van der Waals surface area contributed by atoms with Crippen LogP contribution in [0.1, 0.15) is 24.0 Å². The number of rotatable bonds is 4. The Morgan fingerprint density at radius 3 is 2.56 bits per heavy atom. The van der Waals surface area contributed by atoms with Crippen molar-refractivity contribution in [1.29, 1.82) is 0 Å². The summed E-state index contributed by atoms with van der Waals surface area (Å²) in [5.41, 5.74) is 5.97. The lowest BCUT2D eigenvalue weighted by Crippen LogP contribution is -2.02. The van der Waals surface area contributed by atoms with Gasteiger partial charge in [-0.05, 0) is 37.1 Å². The maximum Gasteiger partial charge on any atom is 0.264 e. The van der Waals surface area contributed by atoms with Crippen molar-refractivity contribution in [1.82, 2.24) is 0 Å². The number of hydrogen-bond donors (Lipinski definition) is 1. The molecule has 88 valence electrons. The number of fused-ring (bicyclic) bond motifs is 1. The van der Waals surface area contributed by atoms with Crippen LogP contribution in [0, 0.1) is 0 Å². The fourth-order valence-corrected chi connectivity index (χ4v) is 1.71. The molecule has 0 fully saturated rings. The number of alkyl halides is 2. The second-order valence-corrected chi connectivity index (χ2v) is 3.60. The van der Waals surface area contributed by atoms with Crippen LogP contribution in [0.25, 0.3) is 0 Å². The second kappa shape index (κ2) is 4.65. The molecule has 2 N–H and O–H groups in total. The zero-order chi connectivity index (χ0) is 11.5. The number of ether oxygens (including phenoxy) is 2. The van der Waals surface area contributed by atoms with Gasteiger partial charge in [0.1, 0.15) is 0 Å². The predicted molar refractivity (Wildman–Crippen MR) is 54.9 cm³/mol. The first-order valence-electron chi connectivity index (χ1n) is 5.13. The first-order valence-corrected chi connectivity index (χ1v) is 5.13. The lowest BCUT2D eigenvalue weighted by molar-refractivity contribution is 0.149. The normalized spacial score (nSPS) is 13.5. The Kier molecular flexibility index (Phi) is 3.24. The van der Waals surface area contributed by atoms with Crippen LogP contribution in [0.15, 0.2) is 12.1 Å². The maximum atomic E-state index is 12.8. The Balaban J connectivity index is 2.32. The Hall–Kier alpha value is -1.36. The van der Waals surface area contributed by atoms with E-state index in [4.69, 9.17) is 15.2 Å². The Morgan fingerprint density at radius 1 is 1.25 bits per heavy atom. The van der Waals surface area contributed by atoms with Gasteiger partial charge in [0, 0.05) is 5.56 Å². The largest absolute Gasteiger partial charge is 0.454 e. The maximum absolute atomic E-state index is 12.8. The first kappa shape index (κ1) is 11.1. The molecule has 1 aliphatic heterocycles. The number of hydrogen-bond acceptors (Lipinski definition) is 3. The average Bonchev–Trinajstić information content (AvgIpc) is 2.71. The molecular formula is C11H13F2NO2. The molecule has 16 heavy (non-hydrogen) atoms. The summed E-state index contributed by atoms with van der Waals surface area (Å²) >= 11 is 0. The van der Waals surface area contributed by atoms with Crippen molar-refractivity contribution in [3.05, 3.63) is 23.3 Å². The predicted octanol–water partition coefficient (Wildman–Crippen LogP) is 2.24. The van der Waals surface area contributed by atoms with Gasteiger partial charge in [-0.1, -0.05) is 0 Å². The summed E-state index contributed by atoms with van der Waals surface area (Å²) < 4.78 is 35.8. The van der Waals surface area contributed by atoms with Gasteiger partial charge in [0.05, 0.1) is 0 Å². The molecule has 1 aliphatic rings. The van der Waals surface area contributed by atoms with E-state index in [9.17, 15) is 8.78 Å². The first-order chi connectivity index (χ1) is 7.72. The van der Waals surface area contributed by atoms with Crippen LogP contribution in [-0.2, 0) is 6.42 Å². The third-order valence-corrected chi connectivity index (χ3v) is 2.52. The molecule has 0 radical (unpaired) electrons. The minimum absolute atomic E-state index is 0.0118. The average molecular weight is 229 g/mol. The summed E-state index contributed by atoms with van der Waals surface area (Å²) in [7, 11) is 0. The summed E-state index contributed by atoms with van der Waals surface area (Å²) in [6.45, 7) is 0.579. The van der Waals surface area contributed by atoms with E-state index < -0.39 is 6.43 Å². The van der Waals surface area contributed by atoms with Crippen LogP contribution in [0.2, 0.25) is 0 Å². The van der Waals surface area contributed by atoms with Crippen LogP contribution < -0.4 is 15.2 Å². The molecule has 0 atom stereocenters. The van der Waals surface area contributed by atoms with Crippen LogP contribution in [0.3, 0.4) is 0 Å². The van der Waals surface area contributed by atoms with Gasteiger partial charge in [-0.3, -0.25) is 0 Å². The van der Waals surface area contributed by atoms with Gasteiger partial charge in [0.15, 0.2) is 11.5 Å². The molecule has 0 aromatic heterocycles. The summed E-state index contributed by atoms with van der Waals surface area (Å²) in [5.74, 6) is 0.934. The third kappa shape index (κ3) is 2.09. The lowest BCUT2D eigenvalue weighted by Gasteiger charge is -2.09. The molecule has 2 rings (SSSR count). The van der Waals surface area contributed by atoms with Gasteiger partial charge in [0.25, 0.3) is 6.43 Å². The molecule has 0 amide bonds. The standard InChI is InChI=1S/C11H13F2NO2/c12-11(13)8-5-10-9(15-6-16-10)4-7(8)2-1-3-14/h4-5,11H,1-3,6,14H2. The van der Waals surface area contributed by atoms with E-state index in [1.54, 1.807) is 6.07 Å². The summed E-state index contributed by atoms with van der Waals surface area (Å²) in [6.07, 6.45) is -1.28. The highest BCUT2D eigenvalue weighted by atomic mass is 19.3. The zero-order valence-corrected chi connectivity index (χ0v) is 8.71. The second-order valence-electron chi connectivity index (χ2n) is 3.60. The molecule has 5 heteroatoms. The summed E-state index contributed by atoms with van der Waals surface area (Å²) in [4.78, 5) is 0. The topological polar surface area (TPSA) is 44.5 Å². The molecule has 0 aliphatic carbocycles. The summed E-state index contributed by atoms with van der Waals surface area (Å²) in [6, 6.07) is 2.98. The van der Waals surface area contributed by atoms with Crippen LogP contribution in [0.5, 0.6) is 11.5 Å². The molecule has 0 spiro atoms. The van der Waals surface area contributed by atoms with Gasteiger partial charge in [-0.15, -0.1) is 0 Å². The smallest absolute Gasteiger partial charge is 0.264 e. The molecule has 0 bridgehead atoms. The number of aryl methyl sites for hydroxylation is 1. The molecule has 0 saturated heterocycles. The highest BCUT2D eigenvalue weighted by Crippen LogP contribution is 2.38. The highest BCUT2D eigenvalue weighted by Gasteiger charge is 2.21. The van der Waals surface area contributed by atoms with Gasteiger partial charge in [0.2, 0.25) is 6.79 Å². The van der Waals surface area contributed by atoms with Crippen LogP contribution in [-0.4, -0.2) is 13.3 Å². The molecule has 1 heterocycles. The minimum atomic E-state index is -2.50. The van der Waals surface area contributed by atoms with Crippen LogP contribution >= 0.6 is 0 Å². The quantitative estimate of drug-likeness (QED) is 0.861. The van der Waals surface area contributed by atoms with Crippen LogP contribution in [0.4, 0.5) is 8.78 Å². The number of benzene rings is 1. The molecular weight excluding hydrogens is 216 g/mol. The third-order valence-electron chi connectivity index (χ3n) is 2.52. The SMILES string of the molecule is NCCCc1cc2c(cc1C(F)F)OCO2. The van der Waals surface area contributed by atoms with E-state index in [0.717, 1.165) is 0 Å². The Morgan fingerprint density at radius 2 is 1.94 bits per heavy atom. The Labute approximate surface area is 92.1 Å². The van der Waals surface area contributed by atoms with E-state index in [0.29, 0.717) is 36.4 Å². The van der Waals surface area contributed by atoms with E-state index >= 15 is 0 Å². The fourth-order valence-electron chi connectivity index (χ4n) is 1.71. The van der Waals surface area contributed by atoms with Crippen molar-refractivity contribution in [3.63, 3.8) is 0 Å². The molecule has 0 saturated carbocycles. The van der Waals surface area contributed by atoms with Gasteiger partial charge < -0.3 is 15.2 Å². The van der Waals surface area contributed by atoms with Crippen molar-refractivity contribution in [3.8, 4) is 11.5 Å². The van der Waals surface area contributed by atoms with Gasteiger partial charge >= 0.3 is 0 Å². The van der Waals surface area contributed by atoms with Crippen molar-refractivity contribution < 1.29 is 18.3 Å². The van der Waals surface area contributed by atoms with Gasteiger partial charge in [-0.25, -0.2) is 8.78 Å². The molecule has 0 unspecified atom stereocenters. The van der Waals surface area contributed by atoms with E-state index in [1.807, 2.05) is 0 Å². The lowest BCUT2D eigenvalue weighted by atomic mass is 10.0. The highest BCUT2D eigenvalue weighted by molar-refractivity contribution is 5.49. The molecule has 1 aromatic rings. The molecule has 1 aromatic carbocycles.